The van der Waals surface area contributed by atoms with E-state index in [1.165, 1.54) is 0 Å². The predicted octanol–water partition coefficient (Wildman–Crippen LogP) is 4.80. The topological polar surface area (TPSA) is 102 Å². The Bertz CT molecular complexity index is 1480. The van der Waals surface area contributed by atoms with E-state index in [4.69, 9.17) is 0 Å². The second-order valence-corrected chi connectivity index (χ2v) is 13.5. The van der Waals surface area contributed by atoms with Crippen LogP contribution in [0, 0.1) is 11.8 Å². The molecule has 8 nitrogen and oxygen atoms in total. The molecule has 230 valence electrons. The van der Waals surface area contributed by atoms with Crippen LogP contribution in [-0.4, -0.2) is 69.5 Å². The molecule has 3 saturated heterocycles. The molecule has 6 rings (SSSR count). The molecule has 6 atom stereocenters. The van der Waals surface area contributed by atoms with Gasteiger partial charge in [0.15, 0.2) is 0 Å². The number of amides is 3. The molecule has 0 aliphatic carbocycles. The van der Waals surface area contributed by atoms with E-state index in [0.29, 0.717) is 24.2 Å². The summed E-state index contributed by atoms with van der Waals surface area (Å²) in [5.74, 6) is -1.91. The molecule has 2 unspecified atom stereocenters. The van der Waals surface area contributed by atoms with Crippen LogP contribution < -0.4 is 15.5 Å². The van der Waals surface area contributed by atoms with E-state index >= 15 is 0 Å². The zero-order chi connectivity index (χ0) is 30.8. The first kappa shape index (κ1) is 30.2. The molecule has 3 amide bonds. The van der Waals surface area contributed by atoms with Crippen molar-refractivity contribution in [2.75, 3.05) is 35.2 Å². The Labute approximate surface area is 263 Å². The van der Waals surface area contributed by atoms with Gasteiger partial charge in [-0.05, 0) is 75.1 Å². The van der Waals surface area contributed by atoms with Crippen molar-refractivity contribution < 1.29 is 19.5 Å². The highest BCUT2D eigenvalue weighted by Gasteiger charge is 2.74. The van der Waals surface area contributed by atoms with Gasteiger partial charge in [0.2, 0.25) is 17.7 Å². The second kappa shape index (κ2) is 12.7. The number of rotatable bonds is 11. The number of fused-ring (bicyclic) bond motifs is 1. The van der Waals surface area contributed by atoms with Gasteiger partial charge in [-0.3, -0.25) is 14.4 Å². The highest BCUT2D eigenvalue weighted by molar-refractivity contribution is 8.02. The number of carbonyl (C=O) groups excluding carboxylic acids is 3. The van der Waals surface area contributed by atoms with Crippen LogP contribution in [0.4, 0.5) is 17.1 Å². The van der Waals surface area contributed by atoms with Gasteiger partial charge in [-0.15, -0.1) is 11.8 Å². The standard InChI is InChI=1S/C35H40N4O4S/c1-3-38(4-2)26-17-15-25(16-18-26)37-33(42)31-35-20-19-28(44-35)29(32(41)36-24-13-9-6-10-14-24)30(35)34(43)39(31)27(22-40)21-23-11-7-5-8-12-23/h5-18,27-31,40H,3-4,19-22H2,1-2H3,(H,36,41)(H,37,42)/t27-,28-,29+,30+,31?,35?/m1/s1. The highest BCUT2D eigenvalue weighted by Crippen LogP contribution is 2.66. The van der Waals surface area contributed by atoms with E-state index in [2.05, 4.69) is 29.4 Å². The monoisotopic (exact) mass is 612 g/mol. The maximum Gasteiger partial charge on any atom is 0.248 e. The minimum atomic E-state index is -0.826. The van der Waals surface area contributed by atoms with E-state index < -0.39 is 28.7 Å². The molecule has 9 heteroatoms. The lowest BCUT2D eigenvalue weighted by molar-refractivity contribution is -0.141. The number of benzene rings is 3. The van der Waals surface area contributed by atoms with Gasteiger partial charge in [-0.2, -0.15) is 0 Å². The van der Waals surface area contributed by atoms with Crippen molar-refractivity contribution in [3.05, 3.63) is 90.5 Å². The summed E-state index contributed by atoms with van der Waals surface area (Å²) in [5.41, 5.74) is 3.37. The fraction of sp³-hybridized carbons (Fsp3) is 0.400. The summed E-state index contributed by atoms with van der Waals surface area (Å²) in [6.07, 6.45) is 1.82. The summed E-state index contributed by atoms with van der Waals surface area (Å²) < 4.78 is -0.754. The number of hydrogen-bond acceptors (Lipinski definition) is 6. The van der Waals surface area contributed by atoms with E-state index in [9.17, 15) is 19.5 Å². The summed E-state index contributed by atoms with van der Waals surface area (Å²) in [4.78, 5) is 46.5. The van der Waals surface area contributed by atoms with Crippen LogP contribution in [0.3, 0.4) is 0 Å². The van der Waals surface area contributed by atoms with E-state index in [-0.39, 0.29) is 29.6 Å². The lowest BCUT2D eigenvalue weighted by Gasteiger charge is -2.37. The molecular formula is C35H40N4O4S. The molecule has 3 aliphatic heterocycles. The Balaban J connectivity index is 1.33. The fourth-order valence-corrected chi connectivity index (χ4v) is 9.73. The van der Waals surface area contributed by atoms with E-state index in [0.717, 1.165) is 30.8 Å². The summed E-state index contributed by atoms with van der Waals surface area (Å²) in [6, 6.07) is 25.3. The van der Waals surface area contributed by atoms with Crippen molar-refractivity contribution in [2.45, 2.75) is 55.2 Å². The molecule has 0 saturated carbocycles. The zero-order valence-corrected chi connectivity index (χ0v) is 26.0. The van der Waals surface area contributed by atoms with E-state index in [1.54, 1.807) is 16.7 Å². The molecule has 1 spiro atoms. The van der Waals surface area contributed by atoms with Crippen molar-refractivity contribution in [2.24, 2.45) is 11.8 Å². The van der Waals surface area contributed by atoms with Gasteiger partial charge in [0, 0.05) is 35.4 Å². The Morgan fingerprint density at radius 2 is 1.55 bits per heavy atom. The predicted molar refractivity (Wildman–Crippen MR) is 176 cm³/mol. The number of hydrogen-bond donors (Lipinski definition) is 3. The average molecular weight is 613 g/mol. The number of nitrogens with zero attached hydrogens (tertiary/aromatic N) is 2. The number of aliphatic hydroxyl groups is 1. The first-order chi connectivity index (χ1) is 21.4. The van der Waals surface area contributed by atoms with Crippen LogP contribution >= 0.6 is 11.8 Å². The Morgan fingerprint density at radius 1 is 0.932 bits per heavy atom. The van der Waals surface area contributed by atoms with Crippen LogP contribution in [0.5, 0.6) is 0 Å². The van der Waals surface area contributed by atoms with Crippen LogP contribution in [0.25, 0.3) is 0 Å². The minimum Gasteiger partial charge on any atom is -0.394 e. The van der Waals surface area contributed by atoms with E-state index in [1.807, 2.05) is 84.9 Å². The molecular weight excluding hydrogens is 572 g/mol. The summed E-state index contributed by atoms with van der Waals surface area (Å²) in [7, 11) is 0. The highest BCUT2D eigenvalue weighted by atomic mass is 32.2. The molecule has 3 aromatic rings. The lowest BCUT2D eigenvalue weighted by atomic mass is 9.70. The van der Waals surface area contributed by atoms with Crippen molar-refractivity contribution >= 4 is 46.5 Å². The van der Waals surface area contributed by atoms with Gasteiger partial charge in [0.1, 0.15) is 6.04 Å². The van der Waals surface area contributed by atoms with Gasteiger partial charge in [0.05, 0.1) is 29.2 Å². The maximum absolute atomic E-state index is 14.5. The van der Waals surface area contributed by atoms with Gasteiger partial charge in [0.25, 0.3) is 0 Å². The number of carbonyl (C=O) groups is 3. The zero-order valence-electron chi connectivity index (χ0n) is 25.2. The van der Waals surface area contributed by atoms with Crippen molar-refractivity contribution in [1.29, 1.82) is 0 Å². The Kier molecular flexibility index (Phi) is 8.69. The third kappa shape index (κ3) is 5.37. The lowest BCUT2D eigenvalue weighted by Crippen LogP contribution is -2.55. The molecule has 2 bridgehead atoms. The molecule has 3 heterocycles. The second-order valence-electron chi connectivity index (χ2n) is 11.9. The van der Waals surface area contributed by atoms with Crippen LogP contribution in [0.15, 0.2) is 84.9 Å². The average Bonchev–Trinajstić information content (AvgIpc) is 3.69. The van der Waals surface area contributed by atoms with Gasteiger partial charge in [-0.1, -0.05) is 48.5 Å². The largest absolute Gasteiger partial charge is 0.394 e. The maximum atomic E-state index is 14.5. The number of anilines is 3. The van der Waals surface area contributed by atoms with Crippen LogP contribution in [0.1, 0.15) is 32.3 Å². The van der Waals surface area contributed by atoms with Gasteiger partial charge >= 0.3 is 0 Å². The molecule has 3 aliphatic rings. The SMILES string of the molecule is CCN(CC)c1ccc(NC(=O)C2N([C@@H](CO)Cc3ccccc3)C(=O)[C@@H]3[C@@H](C(=O)Nc4ccccc4)[C@H]4CCC23S4)cc1. The first-order valence-corrected chi connectivity index (χ1v) is 16.4. The number of aliphatic hydroxyl groups excluding tert-OH is 1. The minimum absolute atomic E-state index is 0.0554. The smallest absolute Gasteiger partial charge is 0.248 e. The molecule has 44 heavy (non-hydrogen) atoms. The number of nitrogens with one attached hydrogen (secondary N) is 2. The Hall–Kier alpha value is -3.82. The summed E-state index contributed by atoms with van der Waals surface area (Å²) >= 11 is 1.63. The third-order valence-electron chi connectivity index (χ3n) is 9.51. The quantitative estimate of drug-likeness (QED) is 0.288. The number of thioether (sulfide) groups is 1. The molecule has 0 aromatic heterocycles. The molecule has 3 N–H and O–H groups in total. The summed E-state index contributed by atoms with van der Waals surface area (Å²) in [6.45, 7) is 5.68. The molecule has 0 radical (unpaired) electrons. The normalized spacial score (nSPS) is 25.9. The van der Waals surface area contributed by atoms with Gasteiger partial charge < -0.3 is 25.5 Å². The summed E-state index contributed by atoms with van der Waals surface area (Å²) in [5, 5.41) is 16.7. The van der Waals surface area contributed by atoms with Crippen molar-refractivity contribution in [3.8, 4) is 0 Å². The first-order valence-electron chi connectivity index (χ1n) is 15.6. The number of para-hydroxylation sites is 1. The van der Waals surface area contributed by atoms with Crippen molar-refractivity contribution in [1.82, 2.24) is 4.90 Å². The van der Waals surface area contributed by atoms with Crippen molar-refractivity contribution in [3.63, 3.8) is 0 Å². The van der Waals surface area contributed by atoms with Crippen LogP contribution in [0.2, 0.25) is 0 Å². The third-order valence-corrected chi connectivity index (χ3v) is 11.5. The molecule has 3 fully saturated rings. The number of likely N-dealkylation sites (tertiary alicyclic amines) is 1. The van der Waals surface area contributed by atoms with Crippen LogP contribution in [-0.2, 0) is 20.8 Å². The van der Waals surface area contributed by atoms with Gasteiger partial charge in [-0.25, -0.2) is 0 Å². The molecule has 3 aromatic carbocycles. The Morgan fingerprint density at radius 3 is 2.18 bits per heavy atom. The fourth-order valence-electron chi connectivity index (χ4n) is 7.52.